The molecule has 0 aliphatic carbocycles. The number of nitrogens with zero attached hydrogens (tertiary/aromatic N) is 1. The molecule has 0 spiro atoms. The molecule has 1 N–H and O–H groups in total. The van der Waals surface area contributed by atoms with Crippen LogP contribution in [0.5, 0.6) is 0 Å². The van der Waals surface area contributed by atoms with E-state index in [4.69, 9.17) is 14.6 Å². The molecule has 114 valence electrons. The fraction of sp³-hybridized carbons (Fsp3) is 0.533. The summed E-state index contributed by atoms with van der Waals surface area (Å²) in [5, 5.41) is 8.69. The van der Waals surface area contributed by atoms with Gasteiger partial charge in [0.2, 0.25) is 0 Å². The first-order valence-corrected chi connectivity index (χ1v) is 7.55. The van der Waals surface area contributed by atoms with Gasteiger partial charge in [-0.25, -0.2) is 0 Å². The molecule has 1 fully saturated rings. The zero-order valence-corrected chi connectivity index (χ0v) is 13.0. The number of carbonyl (C=O) groups is 1. The number of aliphatic hydroxyl groups excluding tert-OH is 1. The topological polar surface area (TPSA) is 59.0 Å². The SMILES string of the molecule is COC1CN(C(=O)c2ccc(C#CCCO)s2)CC1OC. The Morgan fingerprint density at radius 1 is 1.38 bits per heavy atom. The molecule has 0 aromatic carbocycles. The van der Waals surface area contributed by atoms with Crippen molar-refractivity contribution in [2.45, 2.75) is 18.6 Å². The van der Waals surface area contributed by atoms with E-state index in [0.29, 0.717) is 24.4 Å². The minimum Gasteiger partial charge on any atom is -0.395 e. The number of hydrogen-bond acceptors (Lipinski definition) is 5. The summed E-state index contributed by atoms with van der Waals surface area (Å²) < 4.78 is 10.7. The van der Waals surface area contributed by atoms with Crippen molar-refractivity contribution in [2.24, 2.45) is 0 Å². The number of ether oxygens (including phenoxy) is 2. The number of hydrogen-bond donors (Lipinski definition) is 1. The number of rotatable bonds is 4. The molecule has 0 radical (unpaired) electrons. The number of amides is 1. The molecule has 1 aliphatic rings. The van der Waals surface area contributed by atoms with E-state index in [1.807, 2.05) is 6.07 Å². The standard InChI is InChI=1S/C15H19NO4S/c1-19-12-9-16(10-13(12)20-2)15(18)14-7-6-11(21-14)5-3-4-8-17/h6-7,12-13,17H,4,8-10H2,1-2H3. The van der Waals surface area contributed by atoms with Gasteiger partial charge in [-0.1, -0.05) is 11.8 Å². The molecule has 6 heteroatoms. The summed E-state index contributed by atoms with van der Waals surface area (Å²) in [6.45, 7) is 1.13. The Balaban J connectivity index is 2.03. The van der Waals surface area contributed by atoms with Crippen LogP contribution in [0.2, 0.25) is 0 Å². The fourth-order valence-corrected chi connectivity index (χ4v) is 3.09. The highest BCUT2D eigenvalue weighted by Crippen LogP contribution is 2.22. The molecule has 5 nitrogen and oxygen atoms in total. The first-order chi connectivity index (χ1) is 10.2. The van der Waals surface area contributed by atoms with Crippen molar-refractivity contribution in [1.82, 2.24) is 4.90 Å². The van der Waals surface area contributed by atoms with Gasteiger partial charge in [0.15, 0.2) is 0 Å². The van der Waals surface area contributed by atoms with Gasteiger partial charge < -0.3 is 19.5 Å². The van der Waals surface area contributed by atoms with Gasteiger partial charge in [0.05, 0.1) is 16.4 Å². The Morgan fingerprint density at radius 2 is 2.05 bits per heavy atom. The zero-order chi connectivity index (χ0) is 15.2. The van der Waals surface area contributed by atoms with Crippen molar-refractivity contribution in [3.63, 3.8) is 0 Å². The van der Waals surface area contributed by atoms with Gasteiger partial charge >= 0.3 is 0 Å². The maximum absolute atomic E-state index is 12.5. The van der Waals surface area contributed by atoms with Gasteiger partial charge in [0.1, 0.15) is 12.2 Å². The van der Waals surface area contributed by atoms with Gasteiger partial charge in [-0.3, -0.25) is 4.79 Å². The van der Waals surface area contributed by atoms with E-state index in [2.05, 4.69) is 11.8 Å². The summed E-state index contributed by atoms with van der Waals surface area (Å²) in [5.74, 6) is 5.77. The lowest BCUT2D eigenvalue weighted by Gasteiger charge is -2.14. The normalized spacial score (nSPS) is 21.2. The first-order valence-electron chi connectivity index (χ1n) is 6.74. The lowest BCUT2D eigenvalue weighted by atomic mass is 10.3. The average molecular weight is 309 g/mol. The number of methoxy groups -OCH3 is 2. The average Bonchev–Trinajstić information content (AvgIpc) is 3.13. The number of thiophene rings is 1. The van der Waals surface area contributed by atoms with Crippen LogP contribution in [0.4, 0.5) is 0 Å². The van der Waals surface area contributed by atoms with Crippen LogP contribution >= 0.6 is 11.3 Å². The van der Waals surface area contributed by atoms with Crippen LogP contribution in [0.3, 0.4) is 0 Å². The molecule has 2 unspecified atom stereocenters. The monoisotopic (exact) mass is 309 g/mol. The second-order valence-electron chi connectivity index (χ2n) is 4.70. The van der Waals surface area contributed by atoms with Crippen molar-refractivity contribution >= 4 is 17.2 Å². The summed E-state index contributed by atoms with van der Waals surface area (Å²) in [6, 6.07) is 3.62. The van der Waals surface area contributed by atoms with Gasteiger partial charge in [0.25, 0.3) is 5.91 Å². The molecule has 2 atom stereocenters. The van der Waals surface area contributed by atoms with Gasteiger partial charge in [0, 0.05) is 33.7 Å². The number of carbonyl (C=O) groups excluding carboxylic acids is 1. The van der Waals surface area contributed by atoms with Crippen LogP contribution in [0.1, 0.15) is 21.0 Å². The second kappa shape index (κ2) is 7.57. The van der Waals surface area contributed by atoms with E-state index in [-0.39, 0.29) is 24.7 Å². The molecule has 1 aromatic heterocycles. The highest BCUT2D eigenvalue weighted by Gasteiger charge is 2.36. The molecule has 2 rings (SSSR count). The van der Waals surface area contributed by atoms with Crippen LogP contribution in [0.25, 0.3) is 0 Å². The van der Waals surface area contributed by atoms with Crippen molar-refractivity contribution in [3.8, 4) is 11.8 Å². The van der Waals surface area contributed by atoms with Crippen LogP contribution in [-0.2, 0) is 9.47 Å². The summed E-state index contributed by atoms with van der Waals surface area (Å²) >= 11 is 1.37. The molecule has 1 amide bonds. The smallest absolute Gasteiger partial charge is 0.264 e. The van der Waals surface area contributed by atoms with E-state index in [1.165, 1.54) is 11.3 Å². The minimum absolute atomic E-state index is 0.0168. The number of aliphatic hydroxyl groups is 1. The van der Waals surface area contributed by atoms with Gasteiger partial charge in [-0.2, -0.15) is 0 Å². The quantitative estimate of drug-likeness (QED) is 0.842. The maximum atomic E-state index is 12.5. The highest BCUT2D eigenvalue weighted by molar-refractivity contribution is 7.14. The molecule has 21 heavy (non-hydrogen) atoms. The molecular formula is C15H19NO4S. The van der Waals surface area contributed by atoms with E-state index < -0.39 is 0 Å². The molecule has 1 aliphatic heterocycles. The maximum Gasteiger partial charge on any atom is 0.264 e. The third-order valence-electron chi connectivity index (χ3n) is 3.37. The molecular weight excluding hydrogens is 290 g/mol. The third-order valence-corrected chi connectivity index (χ3v) is 4.36. The second-order valence-corrected chi connectivity index (χ2v) is 5.78. The molecule has 1 aromatic rings. The Hall–Kier alpha value is -1.39. The van der Waals surface area contributed by atoms with Crippen LogP contribution in [0, 0.1) is 11.8 Å². The molecule has 0 bridgehead atoms. The first kappa shape index (κ1) is 16.0. The van der Waals surface area contributed by atoms with Crippen molar-refractivity contribution < 1.29 is 19.4 Å². The van der Waals surface area contributed by atoms with Gasteiger partial charge in [-0.15, -0.1) is 11.3 Å². The lowest BCUT2D eigenvalue weighted by Crippen LogP contribution is -2.29. The van der Waals surface area contributed by atoms with E-state index in [1.54, 1.807) is 25.2 Å². The Bertz CT molecular complexity index is 533. The Kier molecular flexibility index (Phi) is 5.76. The Morgan fingerprint density at radius 3 is 2.62 bits per heavy atom. The summed E-state index contributed by atoms with van der Waals surface area (Å²) in [7, 11) is 3.26. The summed E-state index contributed by atoms with van der Waals surface area (Å²) in [6.07, 6.45) is 0.281. The molecule has 2 heterocycles. The van der Waals surface area contributed by atoms with Crippen LogP contribution < -0.4 is 0 Å². The highest BCUT2D eigenvalue weighted by atomic mass is 32.1. The largest absolute Gasteiger partial charge is 0.395 e. The van der Waals surface area contributed by atoms with Crippen LogP contribution in [-0.4, -0.2) is 62.0 Å². The van der Waals surface area contributed by atoms with E-state index in [9.17, 15) is 4.79 Å². The van der Waals surface area contributed by atoms with E-state index >= 15 is 0 Å². The lowest BCUT2D eigenvalue weighted by molar-refractivity contribution is -0.00461. The van der Waals surface area contributed by atoms with Crippen LogP contribution in [0.15, 0.2) is 12.1 Å². The van der Waals surface area contributed by atoms with Gasteiger partial charge in [-0.05, 0) is 12.1 Å². The Labute approximate surface area is 128 Å². The van der Waals surface area contributed by atoms with Crippen molar-refractivity contribution in [1.29, 1.82) is 0 Å². The van der Waals surface area contributed by atoms with E-state index in [0.717, 1.165) is 4.88 Å². The molecule has 0 saturated carbocycles. The predicted molar refractivity (Wildman–Crippen MR) is 80.4 cm³/mol. The summed E-state index contributed by atoms with van der Waals surface area (Å²) in [4.78, 5) is 15.7. The number of likely N-dealkylation sites (tertiary alicyclic amines) is 1. The third kappa shape index (κ3) is 3.83. The fourth-order valence-electron chi connectivity index (χ4n) is 2.24. The van der Waals surface area contributed by atoms with Crippen molar-refractivity contribution in [2.75, 3.05) is 33.9 Å². The zero-order valence-electron chi connectivity index (χ0n) is 12.2. The minimum atomic E-state index is -0.0808. The summed E-state index contributed by atoms with van der Waals surface area (Å²) in [5.41, 5.74) is 0. The van der Waals surface area contributed by atoms with Crippen molar-refractivity contribution in [3.05, 3.63) is 21.9 Å². The molecule has 1 saturated heterocycles. The predicted octanol–water partition coefficient (Wildman–Crippen LogP) is 0.968.